The number of halogens is 1. The Morgan fingerprint density at radius 1 is 1.00 bits per heavy atom. The molecular formula is C12H11FN2O2. The van der Waals surface area contributed by atoms with Gasteiger partial charge in [0.05, 0.1) is 26.6 Å². The average Bonchev–Trinajstić information content (AvgIpc) is 2.39. The van der Waals surface area contributed by atoms with E-state index < -0.39 is 5.82 Å². The maximum absolute atomic E-state index is 12.7. The van der Waals surface area contributed by atoms with Gasteiger partial charge in [0.15, 0.2) is 23.1 Å². The predicted octanol–water partition coefficient (Wildman–Crippen LogP) is 2.30. The lowest BCUT2D eigenvalue weighted by Crippen LogP contribution is -1.93. The van der Waals surface area contributed by atoms with Crippen molar-refractivity contribution in [3.63, 3.8) is 0 Å². The van der Waals surface area contributed by atoms with Crippen LogP contribution in [0.25, 0.3) is 11.4 Å². The van der Waals surface area contributed by atoms with E-state index in [2.05, 4.69) is 9.97 Å². The number of methoxy groups -OCH3 is 2. The Hall–Kier alpha value is -2.17. The number of nitrogens with zero attached hydrogens (tertiary/aromatic N) is 2. The van der Waals surface area contributed by atoms with Crippen LogP contribution in [0.5, 0.6) is 11.5 Å². The van der Waals surface area contributed by atoms with E-state index in [-0.39, 0.29) is 0 Å². The Bertz CT molecular complexity index is 514. The van der Waals surface area contributed by atoms with Gasteiger partial charge in [0, 0.05) is 5.56 Å². The molecule has 5 heteroatoms. The summed E-state index contributed by atoms with van der Waals surface area (Å²) in [7, 11) is 3.11. The van der Waals surface area contributed by atoms with Crippen molar-refractivity contribution in [2.75, 3.05) is 14.2 Å². The van der Waals surface area contributed by atoms with Crippen molar-refractivity contribution in [2.24, 2.45) is 0 Å². The molecule has 17 heavy (non-hydrogen) atoms. The molecule has 1 heterocycles. The first-order valence-electron chi connectivity index (χ1n) is 4.94. The summed E-state index contributed by atoms with van der Waals surface area (Å²) in [5, 5.41) is 0. The normalized spacial score (nSPS) is 10.1. The van der Waals surface area contributed by atoms with Crippen LogP contribution in [0.4, 0.5) is 4.39 Å². The van der Waals surface area contributed by atoms with E-state index in [1.807, 2.05) is 0 Å². The minimum Gasteiger partial charge on any atom is -0.493 e. The van der Waals surface area contributed by atoms with E-state index >= 15 is 0 Å². The SMILES string of the molecule is COc1ccc(-c2ncc(F)cn2)cc1OC. The van der Waals surface area contributed by atoms with Crippen LogP contribution in [0.15, 0.2) is 30.6 Å². The van der Waals surface area contributed by atoms with Crippen molar-refractivity contribution >= 4 is 0 Å². The third-order valence-electron chi connectivity index (χ3n) is 2.26. The van der Waals surface area contributed by atoms with Gasteiger partial charge in [0.1, 0.15) is 0 Å². The summed E-state index contributed by atoms with van der Waals surface area (Å²) in [5.41, 5.74) is 0.739. The van der Waals surface area contributed by atoms with Crippen molar-refractivity contribution in [1.82, 2.24) is 9.97 Å². The largest absolute Gasteiger partial charge is 0.493 e. The molecule has 0 aliphatic heterocycles. The highest BCUT2D eigenvalue weighted by molar-refractivity contribution is 5.60. The van der Waals surface area contributed by atoms with Gasteiger partial charge in [0.25, 0.3) is 0 Å². The van der Waals surface area contributed by atoms with E-state index in [9.17, 15) is 4.39 Å². The highest BCUT2D eigenvalue weighted by Gasteiger charge is 2.07. The quantitative estimate of drug-likeness (QED) is 0.817. The summed E-state index contributed by atoms with van der Waals surface area (Å²) < 4.78 is 23.0. The lowest BCUT2D eigenvalue weighted by atomic mass is 10.2. The molecule has 1 aromatic carbocycles. The van der Waals surface area contributed by atoms with Crippen LogP contribution in [-0.4, -0.2) is 24.2 Å². The smallest absolute Gasteiger partial charge is 0.161 e. The molecule has 0 N–H and O–H groups in total. The van der Waals surface area contributed by atoms with Crippen LogP contribution in [0.3, 0.4) is 0 Å². The molecule has 4 nitrogen and oxygen atoms in total. The van der Waals surface area contributed by atoms with Crippen LogP contribution >= 0.6 is 0 Å². The van der Waals surface area contributed by atoms with Crippen LogP contribution in [0.2, 0.25) is 0 Å². The Morgan fingerprint density at radius 2 is 1.65 bits per heavy atom. The Balaban J connectivity index is 2.42. The lowest BCUT2D eigenvalue weighted by Gasteiger charge is -2.08. The van der Waals surface area contributed by atoms with Gasteiger partial charge in [-0.3, -0.25) is 0 Å². The fourth-order valence-corrected chi connectivity index (χ4v) is 1.44. The highest BCUT2D eigenvalue weighted by atomic mass is 19.1. The van der Waals surface area contributed by atoms with Gasteiger partial charge in [-0.1, -0.05) is 0 Å². The molecule has 88 valence electrons. The standard InChI is InChI=1S/C12H11FN2O2/c1-16-10-4-3-8(5-11(10)17-2)12-14-6-9(13)7-15-12/h3-7H,1-2H3. The minimum atomic E-state index is -0.464. The van der Waals surface area contributed by atoms with Crippen molar-refractivity contribution in [3.8, 4) is 22.9 Å². The zero-order chi connectivity index (χ0) is 12.3. The molecule has 2 rings (SSSR count). The van der Waals surface area contributed by atoms with Crippen molar-refractivity contribution in [2.45, 2.75) is 0 Å². The number of aromatic nitrogens is 2. The van der Waals surface area contributed by atoms with Gasteiger partial charge in [-0.2, -0.15) is 0 Å². The first kappa shape index (κ1) is 11.3. The molecular weight excluding hydrogens is 223 g/mol. The fourth-order valence-electron chi connectivity index (χ4n) is 1.44. The molecule has 0 fully saturated rings. The van der Waals surface area contributed by atoms with Crippen LogP contribution in [0.1, 0.15) is 0 Å². The third-order valence-corrected chi connectivity index (χ3v) is 2.26. The molecule has 0 aliphatic carbocycles. The zero-order valence-electron chi connectivity index (χ0n) is 9.48. The molecule has 0 atom stereocenters. The highest BCUT2D eigenvalue weighted by Crippen LogP contribution is 2.30. The predicted molar refractivity (Wildman–Crippen MR) is 60.5 cm³/mol. The zero-order valence-corrected chi connectivity index (χ0v) is 9.48. The number of ether oxygens (including phenoxy) is 2. The van der Waals surface area contributed by atoms with Gasteiger partial charge in [-0.25, -0.2) is 14.4 Å². The number of benzene rings is 1. The second-order valence-electron chi connectivity index (χ2n) is 3.29. The first-order valence-corrected chi connectivity index (χ1v) is 4.94. The molecule has 0 radical (unpaired) electrons. The number of hydrogen-bond donors (Lipinski definition) is 0. The molecule has 0 spiro atoms. The van der Waals surface area contributed by atoms with Gasteiger partial charge < -0.3 is 9.47 Å². The molecule has 0 aliphatic rings. The number of rotatable bonds is 3. The second-order valence-corrected chi connectivity index (χ2v) is 3.29. The molecule has 0 saturated carbocycles. The monoisotopic (exact) mass is 234 g/mol. The van der Waals surface area contributed by atoms with Gasteiger partial charge in [-0.15, -0.1) is 0 Å². The second kappa shape index (κ2) is 4.78. The summed E-state index contributed by atoms with van der Waals surface area (Å²) in [4.78, 5) is 7.79. The lowest BCUT2D eigenvalue weighted by molar-refractivity contribution is 0.355. The summed E-state index contributed by atoms with van der Waals surface area (Å²) in [6.45, 7) is 0. The van der Waals surface area contributed by atoms with E-state index in [1.54, 1.807) is 32.4 Å². The fraction of sp³-hybridized carbons (Fsp3) is 0.167. The number of hydrogen-bond acceptors (Lipinski definition) is 4. The molecule has 2 aromatic rings. The van der Waals surface area contributed by atoms with Crippen molar-refractivity contribution < 1.29 is 13.9 Å². The molecule has 0 amide bonds. The van der Waals surface area contributed by atoms with Crippen LogP contribution in [-0.2, 0) is 0 Å². The first-order chi connectivity index (χ1) is 8.24. The van der Waals surface area contributed by atoms with Crippen molar-refractivity contribution in [1.29, 1.82) is 0 Å². The van der Waals surface area contributed by atoms with E-state index in [0.717, 1.165) is 18.0 Å². The molecule has 1 aromatic heterocycles. The van der Waals surface area contributed by atoms with E-state index in [0.29, 0.717) is 17.3 Å². The maximum Gasteiger partial charge on any atom is 0.161 e. The summed E-state index contributed by atoms with van der Waals surface area (Å²) in [5.74, 6) is 1.18. The topological polar surface area (TPSA) is 44.2 Å². The summed E-state index contributed by atoms with van der Waals surface area (Å²) in [6.07, 6.45) is 2.25. The minimum absolute atomic E-state index is 0.437. The third kappa shape index (κ3) is 2.33. The summed E-state index contributed by atoms with van der Waals surface area (Å²) >= 11 is 0. The van der Waals surface area contributed by atoms with Gasteiger partial charge >= 0.3 is 0 Å². The molecule has 0 unspecified atom stereocenters. The van der Waals surface area contributed by atoms with Gasteiger partial charge in [0.2, 0.25) is 0 Å². The van der Waals surface area contributed by atoms with Crippen LogP contribution in [0, 0.1) is 5.82 Å². The van der Waals surface area contributed by atoms with E-state index in [1.165, 1.54) is 0 Å². The van der Waals surface area contributed by atoms with Crippen molar-refractivity contribution in [3.05, 3.63) is 36.4 Å². The maximum atomic E-state index is 12.7. The Morgan fingerprint density at radius 3 is 2.24 bits per heavy atom. The summed E-state index contributed by atoms with van der Waals surface area (Å²) in [6, 6.07) is 5.28. The Labute approximate surface area is 98.1 Å². The molecule has 0 saturated heterocycles. The Kier molecular flexibility index (Phi) is 3.18. The van der Waals surface area contributed by atoms with Crippen LogP contribution < -0.4 is 9.47 Å². The average molecular weight is 234 g/mol. The van der Waals surface area contributed by atoms with E-state index in [4.69, 9.17) is 9.47 Å². The molecule has 0 bridgehead atoms. The van der Waals surface area contributed by atoms with Gasteiger partial charge in [-0.05, 0) is 18.2 Å².